The molecule has 0 spiro atoms. The van der Waals surface area contributed by atoms with E-state index in [1.54, 1.807) is 4.68 Å². The van der Waals surface area contributed by atoms with Crippen molar-refractivity contribution >= 4 is 15.9 Å². The minimum atomic E-state index is 0.548. The zero-order chi connectivity index (χ0) is 8.27. The molecule has 0 radical (unpaired) electrons. The van der Waals surface area contributed by atoms with Crippen molar-refractivity contribution in [3.63, 3.8) is 0 Å². The number of aromatic nitrogens is 2. The molecular weight excluding hydrogens is 206 g/mol. The maximum absolute atomic E-state index is 8.33. The van der Waals surface area contributed by atoms with Gasteiger partial charge in [0.1, 0.15) is 4.60 Å². The van der Waals surface area contributed by atoms with Gasteiger partial charge in [0.2, 0.25) is 0 Å². The Bertz CT molecular complexity index is 284. The van der Waals surface area contributed by atoms with E-state index in [1.165, 1.54) is 0 Å². The van der Waals surface area contributed by atoms with Crippen molar-refractivity contribution < 1.29 is 0 Å². The van der Waals surface area contributed by atoms with E-state index in [4.69, 9.17) is 5.26 Å². The molecule has 0 saturated heterocycles. The van der Waals surface area contributed by atoms with Crippen LogP contribution in [0, 0.1) is 11.3 Å². The summed E-state index contributed by atoms with van der Waals surface area (Å²) >= 11 is 3.26. The summed E-state index contributed by atoms with van der Waals surface area (Å²) in [5.74, 6) is 0. The zero-order valence-electron chi connectivity index (χ0n) is 6.21. The van der Waals surface area contributed by atoms with Crippen LogP contribution >= 0.6 is 15.9 Å². The largest absolute Gasteiger partial charge is 0.271 e. The maximum Gasteiger partial charge on any atom is 0.128 e. The third-order valence-electron chi connectivity index (χ3n) is 1.44. The average Bonchev–Trinajstić information content (AvgIpc) is 2.26. The summed E-state index contributed by atoms with van der Waals surface area (Å²) in [6.07, 6.45) is 1.32. The van der Waals surface area contributed by atoms with Crippen molar-refractivity contribution in [3.8, 4) is 6.07 Å². The summed E-state index contributed by atoms with van der Waals surface area (Å²) in [4.78, 5) is 0. The first-order valence-electron chi connectivity index (χ1n) is 3.29. The highest BCUT2D eigenvalue weighted by atomic mass is 79.9. The van der Waals surface area contributed by atoms with Gasteiger partial charge in [-0.3, -0.25) is 4.68 Å². The number of aryl methyl sites for hydroxylation is 2. The van der Waals surface area contributed by atoms with E-state index in [-0.39, 0.29) is 0 Å². The average molecular weight is 214 g/mol. The van der Waals surface area contributed by atoms with Crippen molar-refractivity contribution in [1.29, 1.82) is 5.26 Å². The van der Waals surface area contributed by atoms with Crippen LogP contribution in [0.5, 0.6) is 0 Å². The molecule has 0 atom stereocenters. The molecule has 3 nitrogen and oxygen atoms in total. The van der Waals surface area contributed by atoms with E-state index < -0.39 is 0 Å². The van der Waals surface area contributed by atoms with Gasteiger partial charge in [-0.25, -0.2) is 0 Å². The first-order chi connectivity index (χ1) is 5.24. The summed E-state index contributed by atoms with van der Waals surface area (Å²) < 4.78 is 2.61. The topological polar surface area (TPSA) is 41.6 Å². The number of nitrogens with zero attached hydrogens (tertiary/aromatic N) is 3. The summed E-state index contributed by atoms with van der Waals surface area (Å²) in [5, 5.41) is 12.4. The van der Waals surface area contributed by atoms with Crippen LogP contribution in [0.1, 0.15) is 12.1 Å². The molecule has 0 N–H and O–H groups in total. The summed E-state index contributed by atoms with van der Waals surface area (Å²) in [7, 11) is 1.87. The Kier molecular flexibility index (Phi) is 2.66. The van der Waals surface area contributed by atoms with Crippen LogP contribution in [0.2, 0.25) is 0 Å². The molecule has 0 aliphatic rings. The van der Waals surface area contributed by atoms with E-state index in [9.17, 15) is 0 Å². The molecule has 0 aliphatic carbocycles. The zero-order valence-corrected chi connectivity index (χ0v) is 7.80. The third-order valence-corrected chi connectivity index (χ3v) is 1.83. The predicted octanol–water partition coefficient (Wildman–Crippen LogP) is 1.64. The Hall–Kier alpha value is -0.820. The lowest BCUT2D eigenvalue weighted by Crippen LogP contribution is -1.97. The van der Waals surface area contributed by atoms with Crippen molar-refractivity contribution in [2.45, 2.75) is 12.8 Å². The van der Waals surface area contributed by atoms with Crippen LogP contribution in [0.15, 0.2) is 10.7 Å². The van der Waals surface area contributed by atoms with Gasteiger partial charge in [0.15, 0.2) is 0 Å². The predicted molar refractivity (Wildman–Crippen MR) is 44.8 cm³/mol. The quantitative estimate of drug-likeness (QED) is 0.750. The molecule has 0 amide bonds. The Morgan fingerprint density at radius 3 is 3.00 bits per heavy atom. The van der Waals surface area contributed by atoms with Crippen LogP contribution < -0.4 is 0 Å². The molecule has 1 heterocycles. The first-order valence-corrected chi connectivity index (χ1v) is 4.08. The standard InChI is InChI=1S/C7H8BrN3/c1-11-6(3-2-4-9)5-7(8)10-11/h5H,2-3H2,1H3. The second kappa shape index (κ2) is 3.54. The summed E-state index contributed by atoms with van der Waals surface area (Å²) in [5.41, 5.74) is 1.08. The molecule has 1 rings (SSSR count). The lowest BCUT2D eigenvalue weighted by atomic mass is 10.2. The smallest absolute Gasteiger partial charge is 0.128 e. The molecule has 0 aliphatic heterocycles. The van der Waals surface area contributed by atoms with E-state index in [2.05, 4.69) is 27.1 Å². The molecule has 0 fully saturated rings. The number of rotatable bonds is 2. The fraction of sp³-hybridized carbons (Fsp3) is 0.429. The van der Waals surface area contributed by atoms with Crippen LogP contribution in [0.3, 0.4) is 0 Å². The fourth-order valence-electron chi connectivity index (χ4n) is 0.885. The maximum atomic E-state index is 8.33. The Morgan fingerprint density at radius 2 is 2.55 bits per heavy atom. The highest BCUT2D eigenvalue weighted by Gasteiger charge is 2.00. The van der Waals surface area contributed by atoms with E-state index in [0.29, 0.717) is 6.42 Å². The third kappa shape index (κ3) is 2.05. The van der Waals surface area contributed by atoms with Crippen molar-refractivity contribution in [3.05, 3.63) is 16.4 Å². The van der Waals surface area contributed by atoms with Crippen molar-refractivity contribution in [2.75, 3.05) is 0 Å². The summed E-state index contributed by atoms with van der Waals surface area (Å²) in [6, 6.07) is 4.02. The van der Waals surface area contributed by atoms with Gasteiger partial charge in [-0.15, -0.1) is 0 Å². The summed E-state index contributed by atoms with van der Waals surface area (Å²) in [6.45, 7) is 0. The molecule has 0 aromatic carbocycles. The van der Waals surface area contributed by atoms with E-state index >= 15 is 0 Å². The monoisotopic (exact) mass is 213 g/mol. The van der Waals surface area contributed by atoms with Gasteiger partial charge in [-0.2, -0.15) is 10.4 Å². The van der Waals surface area contributed by atoms with Crippen molar-refractivity contribution in [1.82, 2.24) is 9.78 Å². The lowest BCUT2D eigenvalue weighted by molar-refractivity contribution is 0.704. The van der Waals surface area contributed by atoms with Crippen LogP contribution in [0.4, 0.5) is 0 Å². The van der Waals surface area contributed by atoms with Crippen LogP contribution in [-0.4, -0.2) is 9.78 Å². The minimum absolute atomic E-state index is 0.548. The Morgan fingerprint density at radius 1 is 1.82 bits per heavy atom. The number of hydrogen-bond donors (Lipinski definition) is 0. The normalized spacial score (nSPS) is 9.55. The van der Waals surface area contributed by atoms with Gasteiger partial charge in [0.05, 0.1) is 6.07 Å². The van der Waals surface area contributed by atoms with Gasteiger partial charge in [-0.05, 0) is 22.0 Å². The second-order valence-electron chi connectivity index (χ2n) is 2.24. The lowest BCUT2D eigenvalue weighted by Gasteiger charge is -1.94. The molecule has 0 saturated carbocycles. The van der Waals surface area contributed by atoms with E-state index in [1.807, 2.05) is 13.1 Å². The highest BCUT2D eigenvalue weighted by Crippen LogP contribution is 2.10. The van der Waals surface area contributed by atoms with Gasteiger partial charge in [0.25, 0.3) is 0 Å². The Balaban J connectivity index is 2.71. The number of hydrogen-bond acceptors (Lipinski definition) is 2. The molecule has 1 aromatic rings. The van der Waals surface area contributed by atoms with E-state index in [0.717, 1.165) is 16.7 Å². The first kappa shape index (κ1) is 8.28. The van der Waals surface area contributed by atoms with Gasteiger partial charge in [0, 0.05) is 25.6 Å². The van der Waals surface area contributed by atoms with Gasteiger partial charge >= 0.3 is 0 Å². The molecule has 0 bridgehead atoms. The molecule has 0 unspecified atom stereocenters. The minimum Gasteiger partial charge on any atom is -0.271 e. The highest BCUT2D eigenvalue weighted by molar-refractivity contribution is 9.10. The fourth-order valence-corrected chi connectivity index (χ4v) is 1.39. The molecule has 11 heavy (non-hydrogen) atoms. The molecule has 58 valence electrons. The SMILES string of the molecule is Cn1nc(Br)cc1CCC#N. The van der Waals surface area contributed by atoms with Crippen LogP contribution in [0.25, 0.3) is 0 Å². The van der Waals surface area contributed by atoms with Crippen LogP contribution in [-0.2, 0) is 13.5 Å². The van der Waals surface area contributed by atoms with Crippen molar-refractivity contribution in [2.24, 2.45) is 7.05 Å². The second-order valence-corrected chi connectivity index (χ2v) is 3.05. The number of halogens is 1. The van der Waals surface area contributed by atoms with Gasteiger partial charge < -0.3 is 0 Å². The molecule has 4 heteroatoms. The Labute approximate surface area is 73.8 Å². The van der Waals surface area contributed by atoms with Gasteiger partial charge in [-0.1, -0.05) is 0 Å². The molecule has 1 aromatic heterocycles. The molecular formula is C7H8BrN3. The number of nitriles is 1.